The van der Waals surface area contributed by atoms with Gasteiger partial charge in [0.2, 0.25) is 5.95 Å². The molecule has 0 spiro atoms. The zero-order chi connectivity index (χ0) is 25.7. The lowest BCUT2D eigenvalue weighted by Crippen LogP contribution is -2.25. The van der Waals surface area contributed by atoms with Crippen LogP contribution in [-0.2, 0) is 18.3 Å². The fraction of sp³-hybridized carbons (Fsp3) is 0.423. The van der Waals surface area contributed by atoms with E-state index >= 15 is 0 Å². The van der Waals surface area contributed by atoms with Crippen LogP contribution in [0.3, 0.4) is 0 Å². The van der Waals surface area contributed by atoms with Gasteiger partial charge >= 0.3 is 0 Å². The Morgan fingerprint density at radius 2 is 2.08 bits per heavy atom. The van der Waals surface area contributed by atoms with Crippen molar-refractivity contribution in [3.63, 3.8) is 0 Å². The number of methoxy groups -OCH3 is 1. The van der Waals surface area contributed by atoms with Crippen LogP contribution >= 0.6 is 0 Å². The highest BCUT2D eigenvalue weighted by Crippen LogP contribution is 2.35. The molecule has 0 radical (unpaired) electrons. The topological polar surface area (TPSA) is 123 Å². The third kappa shape index (κ3) is 4.61. The number of hydrogen-bond acceptors (Lipinski definition) is 9. The van der Waals surface area contributed by atoms with Crippen molar-refractivity contribution in [3.05, 3.63) is 53.7 Å². The Hall–Kier alpha value is -3.67. The summed E-state index contributed by atoms with van der Waals surface area (Å²) >= 11 is 0. The summed E-state index contributed by atoms with van der Waals surface area (Å²) < 4.78 is 8.99. The number of pyridine rings is 1. The number of rotatable bonds is 8. The summed E-state index contributed by atoms with van der Waals surface area (Å²) in [5.74, 6) is 1.36. The molecule has 6 rings (SSSR count). The maximum atomic E-state index is 12.8. The number of likely N-dealkylation sites (tertiary alicyclic amines) is 1. The number of hydrogen-bond donors (Lipinski definition) is 2. The zero-order valence-electron chi connectivity index (χ0n) is 21.1. The maximum absolute atomic E-state index is 12.8. The summed E-state index contributed by atoms with van der Waals surface area (Å²) in [6.45, 7) is 3.88. The molecule has 192 valence electrons. The average Bonchev–Trinajstić information content (AvgIpc) is 3.49. The number of carbonyl (C=O) groups is 1. The number of ether oxygens (including phenoxy) is 1. The van der Waals surface area contributed by atoms with Crippen LogP contribution in [-0.4, -0.2) is 77.5 Å². The highest BCUT2D eigenvalue weighted by atomic mass is 16.5. The standard InChI is InChI=1S/C26H30N8O3/c1-15-17(10-33-13-21(35)22(14-33)37-3)11-34(31-15)23-6-7-27-26(30-23)29-18-8-19-20(24(36)16-4-5-16)12-32(2)25(19)28-9-18/h6-9,11-12,16,21-22,35H,4-5,10,13-14H2,1-3H3,(H,27,29,30)/t21-,22+/m0/s1. The highest BCUT2D eigenvalue weighted by molar-refractivity contribution is 6.09. The smallest absolute Gasteiger partial charge is 0.229 e. The monoisotopic (exact) mass is 502 g/mol. The summed E-state index contributed by atoms with van der Waals surface area (Å²) in [7, 11) is 3.53. The first-order valence-corrected chi connectivity index (χ1v) is 12.5. The van der Waals surface area contributed by atoms with Crippen molar-refractivity contribution >= 4 is 28.5 Å². The lowest BCUT2D eigenvalue weighted by atomic mass is 10.1. The van der Waals surface area contributed by atoms with Gasteiger partial charge in [0.25, 0.3) is 0 Å². The van der Waals surface area contributed by atoms with Crippen molar-refractivity contribution in [1.29, 1.82) is 0 Å². The van der Waals surface area contributed by atoms with Gasteiger partial charge in [0.15, 0.2) is 11.6 Å². The Kier molecular flexibility index (Phi) is 5.98. The van der Waals surface area contributed by atoms with Gasteiger partial charge in [-0.05, 0) is 25.8 Å². The number of nitrogens with zero attached hydrogens (tertiary/aromatic N) is 7. The number of fused-ring (bicyclic) bond motifs is 1. The van der Waals surface area contributed by atoms with Crippen molar-refractivity contribution in [2.45, 2.75) is 38.5 Å². The molecule has 1 aliphatic heterocycles. The van der Waals surface area contributed by atoms with Crippen molar-refractivity contribution in [3.8, 4) is 5.82 Å². The van der Waals surface area contributed by atoms with E-state index in [2.05, 4.69) is 30.3 Å². The first-order chi connectivity index (χ1) is 17.9. The third-order valence-electron chi connectivity index (χ3n) is 7.17. The van der Waals surface area contributed by atoms with Crippen molar-refractivity contribution < 1.29 is 14.6 Å². The number of ketones is 1. The van der Waals surface area contributed by atoms with Gasteiger partial charge in [-0.25, -0.2) is 14.6 Å². The van der Waals surface area contributed by atoms with Gasteiger partial charge in [-0.1, -0.05) is 0 Å². The number of aryl methyl sites for hydroxylation is 2. The fourth-order valence-electron chi connectivity index (χ4n) is 4.96. The van der Waals surface area contributed by atoms with Gasteiger partial charge in [0, 0.05) is 80.9 Å². The average molecular weight is 503 g/mol. The van der Waals surface area contributed by atoms with E-state index in [0.717, 1.165) is 35.1 Å². The number of aromatic nitrogens is 6. The molecule has 2 aliphatic rings. The molecule has 4 aromatic rings. The molecule has 37 heavy (non-hydrogen) atoms. The largest absolute Gasteiger partial charge is 0.389 e. The Morgan fingerprint density at radius 3 is 2.84 bits per heavy atom. The van der Waals surface area contributed by atoms with Gasteiger partial charge in [-0.15, -0.1) is 0 Å². The summed E-state index contributed by atoms with van der Waals surface area (Å²) in [6, 6.07) is 3.73. The second-order valence-electron chi connectivity index (χ2n) is 9.97. The molecule has 0 unspecified atom stereocenters. The zero-order valence-corrected chi connectivity index (χ0v) is 21.1. The molecule has 1 saturated heterocycles. The van der Waals surface area contributed by atoms with E-state index < -0.39 is 6.10 Å². The summed E-state index contributed by atoms with van der Waals surface area (Å²) in [4.78, 5) is 28.5. The Labute approximate surface area is 214 Å². The first kappa shape index (κ1) is 23.7. The molecule has 1 aliphatic carbocycles. The molecule has 2 fully saturated rings. The number of Topliss-reactive ketones (excluding diaryl/α,β-unsaturated/α-hetero) is 1. The highest BCUT2D eigenvalue weighted by Gasteiger charge is 2.33. The normalized spacial score (nSPS) is 20.1. The van der Waals surface area contributed by atoms with Crippen LogP contribution in [0.4, 0.5) is 11.6 Å². The SMILES string of the molecule is CO[C@@H]1CN(Cc2cn(-c3ccnc(Nc4cnc5c(c4)c(C(=O)C4CC4)cn5C)n3)nc2C)C[C@@H]1O. The van der Waals surface area contributed by atoms with Gasteiger partial charge in [-0.3, -0.25) is 9.69 Å². The fourth-order valence-corrected chi connectivity index (χ4v) is 4.96. The van der Waals surface area contributed by atoms with E-state index in [-0.39, 0.29) is 17.8 Å². The number of anilines is 2. The maximum Gasteiger partial charge on any atom is 0.229 e. The minimum absolute atomic E-state index is 0.140. The molecule has 0 amide bonds. The van der Waals surface area contributed by atoms with Gasteiger partial charge in [-0.2, -0.15) is 10.1 Å². The Morgan fingerprint density at radius 1 is 1.24 bits per heavy atom. The first-order valence-electron chi connectivity index (χ1n) is 12.5. The lowest BCUT2D eigenvalue weighted by molar-refractivity contribution is 0.0215. The second-order valence-corrected chi connectivity index (χ2v) is 9.97. The number of carbonyl (C=O) groups excluding carboxylic acids is 1. The van der Waals surface area contributed by atoms with Crippen LogP contribution in [0.5, 0.6) is 0 Å². The predicted octanol–water partition coefficient (Wildman–Crippen LogP) is 2.39. The number of nitrogens with one attached hydrogen (secondary N) is 1. The van der Waals surface area contributed by atoms with E-state index in [1.807, 2.05) is 37.0 Å². The summed E-state index contributed by atoms with van der Waals surface area (Å²) in [5.41, 5.74) is 4.15. The van der Waals surface area contributed by atoms with Gasteiger partial charge in [0.05, 0.1) is 29.8 Å². The second kappa shape index (κ2) is 9.33. The van der Waals surface area contributed by atoms with Crippen LogP contribution in [0.15, 0.2) is 36.9 Å². The van der Waals surface area contributed by atoms with E-state index in [1.165, 1.54) is 0 Å². The van der Waals surface area contributed by atoms with Crippen molar-refractivity contribution in [2.24, 2.45) is 13.0 Å². The summed E-state index contributed by atoms with van der Waals surface area (Å²) in [5, 5.41) is 18.8. The van der Waals surface area contributed by atoms with Crippen molar-refractivity contribution in [1.82, 2.24) is 34.2 Å². The van der Waals surface area contributed by atoms with Crippen molar-refractivity contribution in [2.75, 3.05) is 25.5 Å². The molecule has 0 bridgehead atoms. The molecule has 1 saturated carbocycles. The minimum atomic E-state index is -0.483. The third-order valence-corrected chi connectivity index (χ3v) is 7.17. The summed E-state index contributed by atoms with van der Waals surface area (Å²) in [6.07, 6.45) is 8.50. The van der Waals surface area contributed by atoms with Crippen LogP contribution in [0.2, 0.25) is 0 Å². The van der Waals surface area contributed by atoms with Crippen LogP contribution in [0.25, 0.3) is 16.9 Å². The molecule has 5 heterocycles. The van der Waals surface area contributed by atoms with E-state index in [1.54, 1.807) is 30.3 Å². The molecule has 2 N–H and O–H groups in total. The quantitative estimate of drug-likeness (QED) is 0.350. The predicted molar refractivity (Wildman–Crippen MR) is 137 cm³/mol. The molecule has 11 heteroatoms. The van der Waals surface area contributed by atoms with Crippen LogP contribution in [0.1, 0.15) is 34.5 Å². The Bertz CT molecular complexity index is 1470. The van der Waals surface area contributed by atoms with E-state index in [4.69, 9.17) is 4.74 Å². The molecule has 0 aromatic carbocycles. The van der Waals surface area contributed by atoms with Crippen LogP contribution < -0.4 is 5.32 Å². The number of β-amino-alcohol motifs (C(OH)–C–C–N with tert-alkyl or cyclic N) is 1. The lowest BCUT2D eigenvalue weighted by Gasteiger charge is -2.14. The molecule has 11 nitrogen and oxygen atoms in total. The minimum Gasteiger partial charge on any atom is -0.389 e. The molecular weight excluding hydrogens is 472 g/mol. The molecular formula is C26H30N8O3. The van der Waals surface area contributed by atoms with Gasteiger partial charge in [0.1, 0.15) is 5.65 Å². The number of aliphatic hydroxyl groups is 1. The molecule has 2 atom stereocenters. The van der Waals surface area contributed by atoms with E-state index in [0.29, 0.717) is 42.7 Å². The van der Waals surface area contributed by atoms with Gasteiger partial charge < -0.3 is 19.7 Å². The Balaban J connectivity index is 1.22. The molecule has 4 aromatic heterocycles. The van der Waals surface area contributed by atoms with E-state index in [9.17, 15) is 9.90 Å². The number of aliphatic hydroxyl groups excluding tert-OH is 1. The van der Waals surface area contributed by atoms with Crippen LogP contribution in [0, 0.1) is 12.8 Å².